The van der Waals surface area contributed by atoms with Crippen LogP contribution in [-0.4, -0.2) is 38.6 Å². The highest BCUT2D eigenvalue weighted by Gasteiger charge is 2.41. The number of fused-ring (bicyclic) bond motifs is 1. The van der Waals surface area contributed by atoms with Crippen LogP contribution in [0.2, 0.25) is 18.1 Å². The van der Waals surface area contributed by atoms with Gasteiger partial charge in [0.15, 0.2) is 13.9 Å². The van der Waals surface area contributed by atoms with Gasteiger partial charge in [-0.15, -0.1) is 0 Å². The summed E-state index contributed by atoms with van der Waals surface area (Å²) in [6.07, 6.45) is 5.00. The van der Waals surface area contributed by atoms with Crippen molar-refractivity contribution >= 4 is 30.9 Å². The molecule has 1 aliphatic rings. The maximum Gasteiger partial charge on any atom is 0.330 e. The van der Waals surface area contributed by atoms with E-state index in [0.717, 1.165) is 39.2 Å². The molecule has 7 nitrogen and oxygen atoms in total. The van der Waals surface area contributed by atoms with E-state index < -0.39 is 19.9 Å². The highest BCUT2D eigenvalue weighted by atomic mass is 28.4. The lowest BCUT2D eigenvalue weighted by molar-refractivity contribution is -0.135. The molecule has 0 amide bonds. The second-order valence-corrected chi connectivity index (χ2v) is 16.2. The lowest BCUT2D eigenvalue weighted by Crippen LogP contribution is -2.45. The molecular formula is C31H38N2O5Si. The average Bonchev–Trinajstić information content (AvgIpc) is 3.33. The summed E-state index contributed by atoms with van der Waals surface area (Å²) in [6.45, 7) is 13.6. The van der Waals surface area contributed by atoms with Crippen LogP contribution in [0.15, 0.2) is 72.8 Å². The van der Waals surface area contributed by atoms with E-state index in [9.17, 15) is 4.79 Å². The van der Waals surface area contributed by atoms with Crippen LogP contribution in [-0.2, 0) is 25.4 Å². The molecule has 1 N–H and O–H groups in total. The molecule has 1 aromatic heterocycles. The van der Waals surface area contributed by atoms with Crippen molar-refractivity contribution in [3.05, 3.63) is 89.6 Å². The number of nitrogens with one attached hydrogen (secondary N) is 1. The Kier molecular flexibility index (Phi) is 8.30. The number of pyridine rings is 1. The molecule has 2 aromatic carbocycles. The minimum absolute atomic E-state index is 0.0376. The van der Waals surface area contributed by atoms with Crippen LogP contribution in [0, 0.1) is 6.92 Å². The summed E-state index contributed by atoms with van der Waals surface area (Å²) in [5.74, 6) is 0.306. The topological polar surface area (TPSA) is 78.9 Å². The van der Waals surface area contributed by atoms with Crippen molar-refractivity contribution in [2.75, 3.05) is 13.7 Å². The number of nitrogens with zero attached hydrogens (tertiary/aromatic N) is 1. The number of benzene rings is 2. The van der Waals surface area contributed by atoms with Crippen LogP contribution in [0.3, 0.4) is 0 Å². The van der Waals surface area contributed by atoms with Gasteiger partial charge < -0.3 is 13.9 Å². The molecule has 0 radical (unpaired) electrons. The molecule has 39 heavy (non-hydrogen) atoms. The van der Waals surface area contributed by atoms with E-state index in [0.29, 0.717) is 6.61 Å². The minimum Gasteiger partial charge on any atom is -0.489 e. The van der Waals surface area contributed by atoms with E-state index >= 15 is 0 Å². The molecule has 0 saturated heterocycles. The van der Waals surface area contributed by atoms with Gasteiger partial charge in [-0.2, -0.15) is 0 Å². The molecule has 4 rings (SSSR count). The number of esters is 1. The highest BCUT2D eigenvalue weighted by molar-refractivity contribution is 6.74. The summed E-state index contributed by atoms with van der Waals surface area (Å²) >= 11 is 0. The normalized spacial score (nSPS) is 17.8. The van der Waals surface area contributed by atoms with Crippen LogP contribution in [0.4, 0.5) is 0 Å². The molecule has 1 aliphatic heterocycles. The summed E-state index contributed by atoms with van der Waals surface area (Å²) in [5, 5.41) is 1.13. The van der Waals surface area contributed by atoms with Crippen molar-refractivity contribution in [3.8, 4) is 5.75 Å². The Labute approximate surface area is 231 Å². The van der Waals surface area contributed by atoms with E-state index in [4.69, 9.17) is 18.7 Å². The smallest absolute Gasteiger partial charge is 0.330 e. The third-order valence-corrected chi connectivity index (χ3v) is 11.9. The monoisotopic (exact) mass is 546 g/mol. The number of carbonyl (C=O) groups excluding carboxylic acids is 1. The Morgan fingerprint density at radius 3 is 2.54 bits per heavy atom. The molecule has 1 atom stereocenters. The molecule has 0 bridgehead atoms. The lowest BCUT2D eigenvalue weighted by Gasteiger charge is -2.38. The second kappa shape index (κ2) is 11.3. The molecule has 1 unspecified atom stereocenters. The van der Waals surface area contributed by atoms with E-state index in [2.05, 4.69) is 56.5 Å². The summed E-state index contributed by atoms with van der Waals surface area (Å²) in [5.41, 5.74) is 6.81. The maximum atomic E-state index is 11.9. The van der Waals surface area contributed by atoms with Crippen LogP contribution in [0.1, 0.15) is 37.6 Å². The number of hydrogen-bond acceptors (Lipinski definition) is 7. The summed E-state index contributed by atoms with van der Waals surface area (Å²) < 4.78 is 17.4. The fourth-order valence-corrected chi connectivity index (χ4v) is 5.01. The Morgan fingerprint density at radius 1 is 1.13 bits per heavy atom. The Bertz CT molecular complexity index is 1390. The maximum absolute atomic E-state index is 11.9. The van der Waals surface area contributed by atoms with Gasteiger partial charge in [0.2, 0.25) is 0 Å². The van der Waals surface area contributed by atoms with Gasteiger partial charge in [0.05, 0.1) is 24.9 Å². The van der Waals surface area contributed by atoms with E-state index in [1.165, 1.54) is 13.2 Å². The second-order valence-electron chi connectivity index (χ2n) is 11.4. The van der Waals surface area contributed by atoms with Gasteiger partial charge >= 0.3 is 5.97 Å². The first kappa shape index (κ1) is 28.5. The number of aryl methyl sites for hydroxylation is 1. The Balaban J connectivity index is 1.51. The largest absolute Gasteiger partial charge is 0.489 e. The number of aromatic nitrogens is 1. The van der Waals surface area contributed by atoms with Crippen LogP contribution >= 0.6 is 0 Å². The minimum atomic E-state index is -2.06. The molecule has 0 spiro atoms. The van der Waals surface area contributed by atoms with E-state index in [1.807, 2.05) is 55.5 Å². The van der Waals surface area contributed by atoms with Gasteiger partial charge in [-0.05, 0) is 79.2 Å². The van der Waals surface area contributed by atoms with Crippen LogP contribution in [0.25, 0.3) is 16.6 Å². The molecular weight excluding hydrogens is 508 g/mol. The molecule has 3 aromatic rings. The number of para-hydroxylation sites is 1. The SMILES string of the molecule is COC(=O)C=CC1(CO[Si](C)(C)C(C)(C)C)C=C(c2ccc(OCc3cc(C)nc4ccccc34)cc2)NO1. The van der Waals surface area contributed by atoms with Crippen molar-refractivity contribution in [3.63, 3.8) is 0 Å². The number of methoxy groups -OCH3 is 1. The zero-order chi connectivity index (χ0) is 28.3. The van der Waals surface area contributed by atoms with E-state index in [1.54, 1.807) is 6.08 Å². The van der Waals surface area contributed by atoms with Crippen molar-refractivity contribution in [1.29, 1.82) is 0 Å². The van der Waals surface area contributed by atoms with Crippen molar-refractivity contribution in [2.24, 2.45) is 0 Å². The first-order chi connectivity index (χ1) is 18.4. The van der Waals surface area contributed by atoms with Gasteiger partial charge in [0, 0.05) is 22.7 Å². The number of rotatable bonds is 9. The van der Waals surface area contributed by atoms with Gasteiger partial charge in [-0.1, -0.05) is 39.0 Å². The predicted molar refractivity (Wildman–Crippen MR) is 156 cm³/mol. The molecule has 0 saturated carbocycles. The Hall–Kier alpha value is -3.46. The molecule has 2 heterocycles. The summed E-state index contributed by atoms with van der Waals surface area (Å²) in [4.78, 5) is 22.5. The fraction of sp³-hybridized carbons (Fsp3) is 0.355. The van der Waals surface area contributed by atoms with Crippen molar-refractivity contribution in [1.82, 2.24) is 10.5 Å². The Morgan fingerprint density at radius 2 is 1.85 bits per heavy atom. The van der Waals surface area contributed by atoms with Crippen molar-refractivity contribution < 1.29 is 23.5 Å². The number of hydroxylamine groups is 1. The molecule has 0 aliphatic carbocycles. The first-order valence-corrected chi connectivity index (χ1v) is 16.0. The zero-order valence-electron chi connectivity index (χ0n) is 23.8. The third-order valence-electron chi connectivity index (χ3n) is 7.40. The number of ether oxygens (including phenoxy) is 2. The van der Waals surface area contributed by atoms with Crippen LogP contribution in [0.5, 0.6) is 5.75 Å². The molecule has 206 valence electrons. The van der Waals surface area contributed by atoms with Crippen LogP contribution < -0.4 is 10.2 Å². The van der Waals surface area contributed by atoms with Gasteiger partial charge in [-0.3, -0.25) is 15.3 Å². The molecule has 8 heteroatoms. The van der Waals surface area contributed by atoms with Gasteiger partial charge in [0.1, 0.15) is 12.4 Å². The highest BCUT2D eigenvalue weighted by Crippen LogP contribution is 2.38. The van der Waals surface area contributed by atoms with E-state index in [-0.39, 0.29) is 11.6 Å². The summed E-state index contributed by atoms with van der Waals surface area (Å²) in [7, 11) is -0.709. The van der Waals surface area contributed by atoms with Gasteiger partial charge in [-0.25, -0.2) is 4.79 Å². The summed E-state index contributed by atoms with van der Waals surface area (Å²) in [6, 6.07) is 18.0. The quantitative estimate of drug-likeness (QED) is 0.187. The average molecular weight is 547 g/mol. The first-order valence-electron chi connectivity index (χ1n) is 13.1. The lowest BCUT2D eigenvalue weighted by atomic mass is 10.0. The standard InChI is InChI=1S/C31H38N2O5Si/c1-22-18-24(26-10-8-9-11-27(26)32-22)20-36-25-14-12-23(13-15-25)28-19-31(38-33-28,17-16-29(34)35-5)21-37-39(6,7)30(2,3)4/h8-19,33H,20-21H2,1-7H3. The van der Waals surface area contributed by atoms with Crippen molar-refractivity contribution in [2.45, 2.75) is 58.0 Å². The predicted octanol–water partition coefficient (Wildman–Crippen LogP) is 6.49. The number of hydrogen-bond donors (Lipinski definition) is 1. The molecule has 0 fully saturated rings. The fourth-order valence-electron chi connectivity index (χ4n) is 3.99. The third kappa shape index (κ3) is 6.76. The zero-order valence-corrected chi connectivity index (χ0v) is 24.8. The number of carbonyl (C=O) groups is 1. The van der Waals surface area contributed by atoms with Gasteiger partial charge in [0.25, 0.3) is 0 Å².